The van der Waals surface area contributed by atoms with E-state index >= 15 is 0 Å². The van der Waals surface area contributed by atoms with Crippen LogP contribution >= 0.6 is 0 Å². The minimum absolute atomic E-state index is 0.0386. The maximum Gasteiger partial charge on any atom is 0.253 e. The number of ketones is 2. The van der Waals surface area contributed by atoms with Crippen LogP contribution in [-0.4, -0.2) is 165 Å². The lowest BCUT2D eigenvalue weighted by Crippen LogP contribution is -2.44. The number of imide groups is 1. The quantitative estimate of drug-likeness (QED) is 0.0664. The molecule has 4 amide bonds. The van der Waals surface area contributed by atoms with Crippen LogP contribution in [0.5, 0.6) is 0 Å². The predicted molar refractivity (Wildman–Crippen MR) is 200 cm³/mol. The molecule has 0 saturated carbocycles. The molecular weight excluding hydrogens is 722 g/mol. The van der Waals surface area contributed by atoms with Gasteiger partial charge in [0, 0.05) is 56.3 Å². The van der Waals surface area contributed by atoms with Gasteiger partial charge in [-0.25, -0.2) is 0 Å². The van der Waals surface area contributed by atoms with Gasteiger partial charge in [-0.1, -0.05) is 27.7 Å². The van der Waals surface area contributed by atoms with Crippen molar-refractivity contribution in [2.75, 3.05) is 119 Å². The Kier molecular flexibility index (Phi) is 29.0. The molecule has 0 aromatic heterocycles. The van der Waals surface area contributed by atoms with Crippen LogP contribution in [0.15, 0.2) is 12.2 Å². The molecule has 0 aliphatic carbocycles. The zero-order valence-electron chi connectivity index (χ0n) is 33.5. The third-order valence-electron chi connectivity index (χ3n) is 8.10. The molecule has 1 heterocycles. The van der Waals surface area contributed by atoms with E-state index in [1.165, 1.54) is 12.2 Å². The molecule has 17 nitrogen and oxygen atoms in total. The molecule has 0 unspecified atom stereocenters. The zero-order chi connectivity index (χ0) is 40.7. The number of nitrogens with one attached hydrogen (secondary N) is 2. The number of Topliss-reactive ketones (excluding diaryl/α,β-unsaturated/α-hetero) is 2. The summed E-state index contributed by atoms with van der Waals surface area (Å²) in [6.07, 6.45) is 2.73. The summed E-state index contributed by atoms with van der Waals surface area (Å²) < 4.78 is 43.7. The summed E-state index contributed by atoms with van der Waals surface area (Å²) in [5.41, 5.74) is 0. The third kappa shape index (κ3) is 25.6. The summed E-state index contributed by atoms with van der Waals surface area (Å²) in [4.78, 5) is 73.0. The summed E-state index contributed by atoms with van der Waals surface area (Å²) in [6, 6.07) is -0.584. The largest absolute Gasteiger partial charge is 0.379 e. The van der Waals surface area contributed by atoms with E-state index in [0.29, 0.717) is 106 Å². The Balaban J connectivity index is 1.80. The van der Waals surface area contributed by atoms with E-state index in [2.05, 4.69) is 10.6 Å². The fourth-order valence-electron chi connectivity index (χ4n) is 4.91. The Morgan fingerprint density at radius 2 is 0.982 bits per heavy atom. The fourth-order valence-corrected chi connectivity index (χ4v) is 4.91. The first-order valence-corrected chi connectivity index (χ1v) is 19.2. The van der Waals surface area contributed by atoms with Crippen molar-refractivity contribution in [3.8, 4) is 0 Å². The number of amides is 4. The number of nitrogens with zero attached hydrogens (tertiary/aromatic N) is 1. The van der Waals surface area contributed by atoms with Crippen molar-refractivity contribution >= 4 is 35.2 Å². The molecule has 1 aliphatic heterocycles. The number of hydrogen-bond acceptors (Lipinski definition) is 14. The Bertz CT molecular complexity index is 1130. The van der Waals surface area contributed by atoms with E-state index in [4.69, 9.17) is 37.9 Å². The predicted octanol–water partition coefficient (Wildman–Crippen LogP) is 0.902. The molecule has 17 heteroatoms. The molecule has 0 aromatic rings. The van der Waals surface area contributed by atoms with E-state index < -0.39 is 23.8 Å². The van der Waals surface area contributed by atoms with Crippen molar-refractivity contribution in [2.24, 2.45) is 17.8 Å². The average Bonchev–Trinajstić information content (AvgIpc) is 3.47. The lowest BCUT2D eigenvalue weighted by atomic mass is 9.88. The molecule has 0 spiro atoms. The van der Waals surface area contributed by atoms with Crippen LogP contribution < -0.4 is 10.6 Å². The number of carbonyl (C=O) groups excluding carboxylic acids is 6. The second kappa shape index (κ2) is 32.0. The van der Waals surface area contributed by atoms with Gasteiger partial charge in [0.25, 0.3) is 11.8 Å². The average molecular weight is 788 g/mol. The molecule has 0 fully saturated rings. The first-order valence-electron chi connectivity index (χ1n) is 19.2. The Labute approximate surface area is 325 Å². The van der Waals surface area contributed by atoms with Crippen molar-refractivity contribution in [3.05, 3.63) is 12.2 Å². The van der Waals surface area contributed by atoms with E-state index in [9.17, 15) is 28.8 Å². The van der Waals surface area contributed by atoms with Crippen LogP contribution in [0.25, 0.3) is 0 Å². The minimum Gasteiger partial charge on any atom is -0.379 e. The maximum atomic E-state index is 12.7. The van der Waals surface area contributed by atoms with E-state index in [-0.39, 0.29) is 67.6 Å². The lowest BCUT2D eigenvalue weighted by molar-refractivity contribution is -0.137. The highest BCUT2D eigenvalue weighted by atomic mass is 16.6. The van der Waals surface area contributed by atoms with Crippen LogP contribution in [0, 0.1) is 17.8 Å². The number of rotatable bonds is 37. The van der Waals surface area contributed by atoms with Gasteiger partial charge in [0.05, 0.1) is 112 Å². The van der Waals surface area contributed by atoms with Gasteiger partial charge in [-0.15, -0.1) is 0 Å². The molecule has 0 radical (unpaired) electrons. The first-order chi connectivity index (χ1) is 26.4. The van der Waals surface area contributed by atoms with E-state index in [1.807, 2.05) is 13.8 Å². The summed E-state index contributed by atoms with van der Waals surface area (Å²) in [7, 11) is 0. The van der Waals surface area contributed by atoms with Crippen LogP contribution in [0.2, 0.25) is 0 Å². The van der Waals surface area contributed by atoms with Gasteiger partial charge in [-0.3, -0.25) is 33.7 Å². The summed E-state index contributed by atoms with van der Waals surface area (Å²) in [5.74, 6) is -2.15. The highest BCUT2D eigenvalue weighted by Crippen LogP contribution is 2.17. The van der Waals surface area contributed by atoms with Gasteiger partial charge >= 0.3 is 0 Å². The zero-order valence-corrected chi connectivity index (χ0v) is 33.5. The molecule has 2 N–H and O–H groups in total. The Morgan fingerprint density at radius 1 is 0.582 bits per heavy atom. The lowest BCUT2D eigenvalue weighted by Gasteiger charge is -2.23. The van der Waals surface area contributed by atoms with Crippen molar-refractivity contribution in [1.82, 2.24) is 15.5 Å². The SMILES string of the molecule is CC(C)C(=O)[C@H](C)NC(=O)[C@@H](CC(=O)CCOCCOCCOCCOCCOCCOCCOCCOCCNC(=O)CCN1C(=O)C=CC1=O)C(C)C. The van der Waals surface area contributed by atoms with Crippen molar-refractivity contribution in [2.45, 2.75) is 59.9 Å². The smallest absolute Gasteiger partial charge is 0.253 e. The second-order valence-corrected chi connectivity index (χ2v) is 13.3. The molecule has 0 bridgehead atoms. The minimum atomic E-state index is -0.584. The number of ether oxygens (including phenoxy) is 8. The molecule has 0 saturated heterocycles. The van der Waals surface area contributed by atoms with Gasteiger partial charge in [0.1, 0.15) is 5.78 Å². The normalized spacial score (nSPS) is 13.9. The van der Waals surface area contributed by atoms with Gasteiger partial charge in [-0.05, 0) is 12.8 Å². The molecule has 316 valence electrons. The maximum absolute atomic E-state index is 12.7. The van der Waals surface area contributed by atoms with Crippen LogP contribution in [-0.2, 0) is 66.7 Å². The van der Waals surface area contributed by atoms with Crippen molar-refractivity contribution < 1.29 is 66.7 Å². The number of hydrogen-bond donors (Lipinski definition) is 2. The topological polar surface area (TPSA) is 204 Å². The fraction of sp³-hybridized carbons (Fsp3) is 0.789. The van der Waals surface area contributed by atoms with Gasteiger partial charge in [-0.2, -0.15) is 0 Å². The van der Waals surface area contributed by atoms with Gasteiger partial charge in [0.15, 0.2) is 5.78 Å². The molecular formula is C38H65N3O14. The second-order valence-electron chi connectivity index (χ2n) is 13.3. The van der Waals surface area contributed by atoms with Crippen molar-refractivity contribution in [1.29, 1.82) is 0 Å². The third-order valence-corrected chi connectivity index (χ3v) is 8.10. The molecule has 2 atom stereocenters. The summed E-state index contributed by atoms with van der Waals surface area (Å²) >= 11 is 0. The standard InChI is InChI=1S/C38H65N3O14/c1-29(2)33(38(47)40-31(5)37(46)30(3)4)28-32(42)9-12-48-14-16-50-18-20-52-22-24-54-26-27-55-25-23-53-21-19-51-17-15-49-13-10-39-34(43)8-11-41-35(44)6-7-36(41)45/h6-7,29-31,33H,8-28H2,1-5H3,(H,39,43)(H,40,47)/t31-,33-/m0/s1. The first kappa shape index (κ1) is 49.9. The van der Waals surface area contributed by atoms with Gasteiger partial charge < -0.3 is 48.5 Å². The van der Waals surface area contributed by atoms with E-state index in [0.717, 1.165) is 4.90 Å². The van der Waals surface area contributed by atoms with E-state index in [1.54, 1.807) is 20.8 Å². The Hall–Kier alpha value is -3.16. The van der Waals surface area contributed by atoms with Crippen LogP contribution in [0.4, 0.5) is 0 Å². The highest BCUT2D eigenvalue weighted by Gasteiger charge is 2.28. The molecule has 55 heavy (non-hydrogen) atoms. The molecule has 1 aliphatic rings. The highest BCUT2D eigenvalue weighted by molar-refractivity contribution is 6.13. The Morgan fingerprint density at radius 3 is 1.38 bits per heavy atom. The van der Waals surface area contributed by atoms with Crippen molar-refractivity contribution in [3.63, 3.8) is 0 Å². The van der Waals surface area contributed by atoms with Gasteiger partial charge in [0.2, 0.25) is 11.8 Å². The monoisotopic (exact) mass is 787 g/mol. The van der Waals surface area contributed by atoms with Crippen LogP contribution in [0.3, 0.4) is 0 Å². The number of carbonyl (C=O) groups is 6. The summed E-state index contributed by atoms with van der Waals surface area (Å²) in [5, 5.41) is 5.43. The molecule has 1 rings (SSSR count). The van der Waals surface area contributed by atoms with Crippen LogP contribution in [0.1, 0.15) is 53.9 Å². The molecule has 0 aromatic carbocycles. The summed E-state index contributed by atoms with van der Waals surface area (Å²) in [6.45, 7) is 15.7.